The minimum Gasteiger partial charge on any atom is -0.383 e. The van der Waals surface area contributed by atoms with Crippen molar-refractivity contribution >= 4 is 17.3 Å². The van der Waals surface area contributed by atoms with Gasteiger partial charge in [0.1, 0.15) is 0 Å². The van der Waals surface area contributed by atoms with Crippen molar-refractivity contribution in [3.8, 4) is 0 Å². The molecule has 2 rings (SSSR count). The predicted molar refractivity (Wildman–Crippen MR) is 83.0 cm³/mol. The molecular weight excluding hydrogens is 258 g/mol. The van der Waals surface area contributed by atoms with E-state index in [0.717, 1.165) is 29.7 Å². The first-order valence-electron chi connectivity index (χ1n) is 7.00. The molecule has 1 fully saturated rings. The van der Waals surface area contributed by atoms with Gasteiger partial charge >= 0.3 is 0 Å². The number of para-hydroxylation sites is 1. The van der Waals surface area contributed by atoms with E-state index in [-0.39, 0.29) is 0 Å². The van der Waals surface area contributed by atoms with Crippen LogP contribution in [0.4, 0.5) is 5.69 Å². The zero-order valence-corrected chi connectivity index (χ0v) is 12.7. The second-order valence-electron chi connectivity index (χ2n) is 5.59. The molecule has 1 aliphatic rings. The Bertz CT molecular complexity index is 397. The third-order valence-corrected chi connectivity index (χ3v) is 4.07. The van der Waals surface area contributed by atoms with Gasteiger partial charge in [-0.15, -0.1) is 0 Å². The van der Waals surface area contributed by atoms with Crippen LogP contribution in [0.25, 0.3) is 0 Å². The number of hydrogen-bond donors (Lipinski definition) is 1. The van der Waals surface area contributed by atoms with E-state index in [2.05, 4.69) is 29.2 Å². The van der Waals surface area contributed by atoms with Crippen LogP contribution in [0, 0.1) is 5.92 Å². The topological polar surface area (TPSA) is 18.5 Å². The molecule has 0 amide bonds. The van der Waals surface area contributed by atoms with Crippen molar-refractivity contribution in [3.05, 3.63) is 29.3 Å². The number of likely N-dealkylation sites (N-methyl/N-ethyl adjacent to an activating group) is 1. The van der Waals surface area contributed by atoms with Gasteiger partial charge < -0.3 is 15.1 Å². The van der Waals surface area contributed by atoms with Crippen molar-refractivity contribution in [2.24, 2.45) is 5.92 Å². The van der Waals surface area contributed by atoms with Crippen molar-refractivity contribution in [2.45, 2.75) is 6.42 Å². The standard InChI is InChI=1S/C15H24ClN3/c1-18-9-7-13(11-18)12-19(2)10-8-17-15-6-4-3-5-14(15)16/h3-6,13,17H,7-12H2,1-2H3. The molecule has 1 N–H and O–H groups in total. The summed E-state index contributed by atoms with van der Waals surface area (Å²) in [4.78, 5) is 4.83. The number of halogens is 1. The van der Waals surface area contributed by atoms with E-state index in [1.54, 1.807) is 0 Å². The summed E-state index contributed by atoms with van der Waals surface area (Å²) >= 11 is 6.11. The van der Waals surface area contributed by atoms with Crippen LogP contribution in [0.1, 0.15) is 6.42 Å². The minimum atomic E-state index is 0.794. The van der Waals surface area contributed by atoms with Crippen LogP contribution in [0.5, 0.6) is 0 Å². The third kappa shape index (κ3) is 4.68. The zero-order valence-electron chi connectivity index (χ0n) is 11.9. The molecule has 106 valence electrons. The molecule has 1 aromatic carbocycles. The highest BCUT2D eigenvalue weighted by Gasteiger charge is 2.20. The molecule has 1 saturated heterocycles. The maximum Gasteiger partial charge on any atom is 0.0637 e. The molecule has 3 nitrogen and oxygen atoms in total. The first-order chi connectivity index (χ1) is 9.15. The van der Waals surface area contributed by atoms with Crippen molar-refractivity contribution in [2.75, 3.05) is 52.1 Å². The summed E-state index contributed by atoms with van der Waals surface area (Å²) in [5, 5.41) is 4.19. The van der Waals surface area contributed by atoms with Crippen LogP contribution in [-0.4, -0.2) is 56.6 Å². The molecule has 0 bridgehead atoms. The van der Waals surface area contributed by atoms with Gasteiger partial charge in [0.15, 0.2) is 0 Å². The van der Waals surface area contributed by atoms with Gasteiger partial charge in [0.05, 0.1) is 10.7 Å². The van der Waals surface area contributed by atoms with Crippen LogP contribution in [-0.2, 0) is 0 Å². The fourth-order valence-electron chi connectivity index (χ4n) is 2.69. The minimum absolute atomic E-state index is 0.794. The maximum absolute atomic E-state index is 6.11. The van der Waals surface area contributed by atoms with Crippen LogP contribution in [0.2, 0.25) is 5.02 Å². The Balaban J connectivity index is 1.66. The van der Waals surface area contributed by atoms with Crippen LogP contribution in [0.15, 0.2) is 24.3 Å². The Morgan fingerprint density at radius 2 is 2.21 bits per heavy atom. The second kappa shape index (κ2) is 7.13. The zero-order chi connectivity index (χ0) is 13.7. The smallest absolute Gasteiger partial charge is 0.0637 e. The number of nitrogens with one attached hydrogen (secondary N) is 1. The summed E-state index contributed by atoms with van der Waals surface area (Å²) in [6.45, 7) is 5.65. The van der Waals surface area contributed by atoms with Crippen LogP contribution >= 0.6 is 11.6 Å². The van der Waals surface area contributed by atoms with E-state index in [1.165, 1.54) is 26.1 Å². The fourth-order valence-corrected chi connectivity index (χ4v) is 2.90. The molecule has 4 heteroatoms. The molecule has 1 aromatic rings. The largest absolute Gasteiger partial charge is 0.383 e. The molecule has 19 heavy (non-hydrogen) atoms. The molecular formula is C15H24ClN3. The van der Waals surface area contributed by atoms with Gasteiger partial charge in [0, 0.05) is 26.2 Å². The average molecular weight is 282 g/mol. The average Bonchev–Trinajstić information content (AvgIpc) is 2.77. The molecule has 0 saturated carbocycles. The van der Waals surface area contributed by atoms with Crippen molar-refractivity contribution < 1.29 is 0 Å². The van der Waals surface area contributed by atoms with E-state index in [1.807, 2.05) is 24.3 Å². The highest BCUT2D eigenvalue weighted by atomic mass is 35.5. The van der Waals surface area contributed by atoms with Gasteiger partial charge in [-0.25, -0.2) is 0 Å². The van der Waals surface area contributed by atoms with Crippen molar-refractivity contribution in [3.63, 3.8) is 0 Å². The van der Waals surface area contributed by atoms with Gasteiger partial charge in [-0.2, -0.15) is 0 Å². The maximum atomic E-state index is 6.11. The van der Waals surface area contributed by atoms with E-state index >= 15 is 0 Å². The monoisotopic (exact) mass is 281 g/mol. The highest BCUT2D eigenvalue weighted by Crippen LogP contribution is 2.20. The molecule has 0 aromatic heterocycles. The lowest BCUT2D eigenvalue weighted by Crippen LogP contribution is -2.31. The van der Waals surface area contributed by atoms with E-state index in [9.17, 15) is 0 Å². The first kappa shape index (κ1) is 14.6. The molecule has 1 aliphatic heterocycles. The van der Waals surface area contributed by atoms with Crippen LogP contribution in [0.3, 0.4) is 0 Å². The lowest BCUT2D eigenvalue weighted by atomic mass is 10.1. The van der Waals surface area contributed by atoms with E-state index in [0.29, 0.717) is 0 Å². The summed E-state index contributed by atoms with van der Waals surface area (Å²) in [7, 11) is 4.41. The SMILES string of the molecule is CN(CCNc1ccccc1Cl)CC1CCN(C)C1. The fraction of sp³-hybridized carbons (Fsp3) is 0.600. The lowest BCUT2D eigenvalue weighted by Gasteiger charge is -2.21. The van der Waals surface area contributed by atoms with Gasteiger partial charge in [-0.05, 0) is 45.1 Å². The van der Waals surface area contributed by atoms with Gasteiger partial charge in [-0.3, -0.25) is 0 Å². The third-order valence-electron chi connectivity index (χ3n) is 3.74. The molecule has 0 spiro atoms. The van der Waals surface area contributed by atoms with Crippen molar-refractivity contribution in [1.82, 2.24) is 9.80 Å². The Morgan fingerprint density at radius 3 is 2.89 bits per heavy atom. The first-order valence-corrected chi connectivity index (χ1v) is 7.38. The normalized spacial score (nSPS) is 20.1. The number of rotatable bonds is 6. The molecule has 0 radical (unpaired) electrons. The molecule has 1 heterocycles. The predicted octanol–water partition coefficient (Wildman–Crippen LogP) is 2.64. The van der Waals surface area contributed by atoms with E-state index in [4.69, 9.17) is 11.6 Å². The summed E-state index contributed by atoms with van der Waals surface area (Å²) < 4.78 is 0. The summed E-state index contributed by atoms with van der Waals surface area (Å²) in [6.07, 6.45) is 1.33. The Kier molecular flexibility index (Phi) is 5.49. The number of benzene rings is 1. The summed E-state index contributed by atoms with van der Waals surface area (Å²) in [5.74, 6) is 0.829. The van der Waals surface area contributed by atoms with Crippen LogP contribution < -0.4 is 5.32 Å². The quantitative estimate of drug-likeness (QED) is 0.865. The molecule has 0 aliphatic carbocycles. The Morgan fingerprint density at radius 1 is 1.42 bits per heavy atom. The second-order valence-corrected chi connectivity index (χ2v) is 5.99. The number of likely N-dealkylation sites (tertiary alicyclic amines) is 1. The number of anilines is 1. The number of nitrogens with zero attached hydrogens (tertiary/aromatic N) is 2. The Labute approximate surface area is 121 Å². The number of hydrogen-bond acceptors (Lipinski definition) is 3. The summed E-state index contributed by atoms with van der Waals surface area (Å²) in [6, 6.07) is 7.90. The summed E-state index contributed by atoms with van der Waals surface area (Å²) in [5.41, 5.74) is 1.03. The van der Waals surface area contributed by atoms with Gasteiger partial charge in [0.2, 0.25) is 0 Å². The van der Waals surface area contributed by atoms with Crippen molar-refractivity contribution in [1.29, 1.82) is 0 Å². The Hall–Kier alpha value is -0.770. The highest BCUT2D eigenvalue weighted by molar-refractivity contribution is 6.33. The molecule has 1 unspecified atom stereocenters. The van der Waals surface area contributed by atoms with Gasteiger partial charge in [-0.1, -0.05) is 23.7 Å². The van der Waals surface area contributed by atoms with Gasteiger partial charge in [0.25, 0.3) is 0 Å². The lowest BCUT2D eigenvalue weighted by molar-refractivity contribution is 0.281. The van der Waals surface area contributed by atoms with E-state index < -0.39 is 0 Å². The molecule has 1 atom stereocenters.